The number of carbonyl (C=O) groups is 2. The fourth-order valence-corrected chi connectivity index (χ4v) is 3.20. The normalized spacial score (nSPS) is 16.9. The highest BCUT2D eigenvalue weighted by atomic mass is 35.5. The first kappa shape index (κ1) is 18.3. The molecule has 2 aromatic rings. The van der Waals surface area contributed by atoms with Crippen LogP contribution in [0.15, 0.2) is 42.5 Å². The number of nitrogens with zero attached hydrogens (tertiary/aromatic N) is 2. The van der Waals surface area contributed by atoms with Crippen LogP contribution in [-0.2, 0) is 9.59 Å². The molecule has 1 unspecified atom stereocenters. The Bertz CT molecular complexity index is 824. The molecular weight excluding hydrogens is 352 g/mol. The summed E-state index contributed by atoms with van der Waals surface area (Å²) >= 11 is 6.03. The molecule has 0 N–H and O–H groups in total. The average molecular weight is 373 g/mol. The Balaban J connectivity index is 1.79. The van der Waals surface area contributed by atoms with Gasteiger partial charge >= 0.3 is 0 Å². The van der Waals surface area contributed by atoms with Crippen molar-refractivity contribution in [1.29, 1.82) is 0 Å². The number of hydrogen-bond acceptors (Lipinski definition) is 3. The van der Waals surface area contributed by atoms with Gasteiger partial charge in [-0.05, 0) is 42.8 Å². The van der Waals surface area contributed by atoms with Crippen molar-refractivity contribution < 1.29 is 14.3 Å². The lowest BCUT2D eigenvalue weighted by Gasteiger charge is -2.24. The lowest BCUT2D eigenvalue weighted by molar-refractivity contribution is -0.121. The SMILES string of the molecule is Cc1cc(OCCN2C(=O)C(C)CN(C=O)c3ccccc32)ccc1Cl. The van der Waals surface area contributed by atoms with E-state index in [2.05, 4.69) is 0 Å². The minimum absolute atomic E-state index is 0.0160. The average Bonchev–Trinajstić information content (AvgIpc) is 2.74. The smallest absolute Gasteiger partial charge is 0.231 e. The van der Waals surface area contributed by atoms with Crippen molar-refractivity contribution in [3.8, 4) is 5.75 Å². The van der Waals surface area contributed by atoms with Crippen molar-refractivity contribution in [2.75, 3.05) is 29.5 Å². The van der Waals surface area contributed by atoms with E-state index >= 15 is 0 Å². The number of anilines is 2. The maximum absolute atomic E-state index is 12.8. The quantitative estimate of drug-likeness (QED) is 0.752. The first-order chi connectivity index (χ1) is 12.5. The van der Waals surface area contributed by atoms with Gasteiger partial charge in [-0.2, -0.15) is 0 Å². The Kier molecular flexibility index (Phi) is 5.47. The number of fused-ring (bicyclic) bond motifs is 1. The number of ether oxygens (including phenoxy) is 1. The Morgan fingerprint density at radius 2 is 1.96 bits per heavy atom. The summed E-state index contributed by atoms with van der Waals surface area (Å²) in [5.74, 6) is 0.410. The van der Waals surface area contributed by atoms with Crippen molar-refractivity contribution >= 4 is 35.3 Å². The fourth-order valence-electron chi connectivity index (χ4n) is 3.08. The maximum Gasteiger partial charge on any atom is 0.231 e. The molecule has 2 amide bonds. The molecule has 0 aliphatic carbocycles. The standard InChI is InChI=1S/C20H21ClN2O3/c1-14-11-16(7-8-17(14)21)26-10-9-23-19-6-4-3-5-18(19)22(13-24)12-15(2)20(23)25/h3-8,11,13,15H,9-10,12H2,1-2H3. The van der Waals surface area contributed by atoms with E-state index < -0.39 is 0 Å². The van der Waals surface area contributed by atoms with Crippen LogP contribution in [0.25, 0.3) is 0 Å². The summed E-state index contributed by atoms with van der Waals surface area (Å²) in [5, 5.41) is 0.691. The van der Waals surface area contributed by atoms with Crippen LogP contribution in [0.4, 0.5) is 11.4 Å². The van der Waals surface area contributed by atoms with Gasteiger partial charge in [0.05, 0.1) is 23.8 Å². The Hall–Kier alpha value is -2.53. The van der Waals surface area contributed by atoms with Crippen LogP contribution in [0.3, 0.4) is 0 Å². The third-order valence-corrected chi connectivity index (χ3v) is 4.90. The number of amides is 2. The molecule has 0 bridgehead atoms. The third kappa shape index (κ3) is 3.68. The molecule has 1 heterocycles. The zero-order valence-electron chi connectivity index (χ0n) is 14.8. The molecule has 0 spiro atoms. The van der Waals surface area contributed by atoms with Gasteiger partial charge in [-0.1, -0.05) is 30.7 Å². The van der Waals surface area contributed by atoms with Crippen LogP contribution in [0, 0.1) is 12.8 Å². The summed E-state index contributed by atoms with van der Waals surface area (Å²) in [6, 6.07) is 12.9. The Morgan fingerprint density at radius 3 is 2.65 bits per heavy atom. The summed E-state index contributed by atoms with van der Waals surface area (Å²) in [6.07, 6.45) is 0.777. The van der Waals surface area contributed by atoms with Gasteiger partial charge in [0.15, 0.2) is 0 Å². The summed E-state index contributed by atoms with van der Waals surface area (Å²) in [4.78, 5) is 27.6. The lowest BCUT2D eigenvalue weighted by atomic mass is 10.1. The molecule has 5 nitrogen and oxygen atoms in total. The van der Waals surface area contributed by atoms with E-state index in [4.69, 9.17) is 16.3 Å². The molecular formula is C20H21ClN2O3. The molecule has 3 rings (SSSR count). The number of aryl methyl sites for hydroxylation is 1. The fraction of sp³-hybridized carbons (Fsp3) is 0.300. The van der Waals surface area contributed by atoms with Crippen LogP contribution in [0.2, 0.25) is 5.02 Å². The summed E-state index contributed by atoms with van der Waals surface area (Å²) in [7, 11) is 0. The van der Waals surface area contributed by atoms with Gasteiger partial charge < -0.3 is 14.5 Å². The van der Waals surface area contributed by atoms with Gasteiger partial charge in [0, 0.05) is 11.6 Å². The van der Waals surface area contributed by atoms with E-state index in [0.29, 0.717) is 30.5 Å². The topological polar surface area (TPSA) is 49.9 Å². The van der Waals surface area contributed by atoms with Gasteiger partial charge in [0.25, 0.3) is 0 Å². The van der Waals surface area contributed by atoms with Gasteiger partial charge in [0.1, 0.15) is 12.4 Å². The summed E-state index contributed by atoms with van der Waals surface area (Å²) in [5.41, 5.74) is 2.41. The van der Waals surface area contributed by atoms with Crippen molar-refractivity contribution in [2.24, 2.45) is 5.92 Å². The Morgan fingerprint density at radius 1 is 1.23 bits per heavy atom. The number of para-hydroxylation sites is 2. The molecule has 0 radical (unpaired) electrons. The van der Waals surface area contributed by atoms with E-state index in [1.807, 2.05) is 50.2 Å². The monoisotopic (exact) mass is 372 g/mol. The summed E-state index contributed by atoms with van der Waals surface area (Å²) < 4.78 is 5.80. The molecule has 136 valence electrons. The van der Waals surface area contributed by atoms with Crippen LogP contribution in [0.1, 0.15) is 12.5 Å². The second kappa shape index (κ2) is 7.79. The maximum atomic E-state index is 12.8. The van der Waals surface area contributed by atoms with E-state index in [0.717, 1.165) is 23.3 Å². The minimum atomic E-state index is -0.287. The highest BCUT2D eigenvalue weighted by Gasteiger charge is 2.30. The predicted molar refractivity (Wildman–Crippen MR) is 103 cm³/mol. The molecule has 1 aliphatic rings. The van der Waals surface area contributed by atoms with Gasteiger partial charge in [-0.25, -0.2) is 0 Å². The van der Waals surface area contributed by atoms with Gasteiger partial charge in [-0.15, -0.1) is 0 Å². The second-order valence-corrected chi connectivity index (χ2v) is 6.80. The second-order valence-electron chi connectivity index (χ2n) is 6.40. The highest BCUT2D eigenvalue weighted by molar-refractivity contribution is 6.31. The number of halogens is 1. The van der Waals surface area contributed by atoms with Gasteiger partial charge in [0.2, 0.25) is 12.3 Å². The number of hydrogen-bond donors (Lipinski definition) is 0. The molecule has 1 atom stereocenters. The third-order valence-electron chi connectivity index (χ3n) is 4.48. The van der Waals surface area contributed by atoms with E-state index in [9.17, 15) is 9.59 Å². The number of carbonyl (C=O) groups excluding carboxylic acids is 2. The molecule has 0 aromatic heterocycles. The summed E-state index contributed by atoms with van der Waals surface area (Å²) in [6.45, 7) is 4.86. The van der Waals surface area contributed by atoms with Crippen LogP contribution in [0.5, 0.6) is 5.75 Å². The van der Waals surface area contributed by atoms with Gasteiger partial charge in [-0.3, -0.25) is 9.59 Å². The van der Waals surface area contributed by atoms with Crippen LogP contribution < -0.4 is 14.5 Å². The molecule has 0 saturated carbocycles. The first-order valence-corrected chi connectivity index (χ1v) is 8.90. The van der Waals surface area contributed by atoms with Crippen LogP contribution in [-0.4, -0.2) is 32.0 Å². The van der Waals surface area contributed by atoms with Crippen molar-refractivity contribution in [1.82, 2.24) is 0 Å². The van der Waals surface area contributed by atoms with Crippen LogP contribution >= 0.6 is 11.6 Å². The highest BCUT2D eigenvalue weighted by Crippen LogP contribution is 2.33. The minimum Gasteiger partial charge on any atom is -0.492 e. The molecule has 2 aromatic carbocycles. The lowest BCUT2D eigenvalue weighted by Crippen LogP contribution is -2.38. The zero-order valence-corrected chi connectivity index (χ0v) is 15.6. The van der Waals surface area contributed by atoms with E-state index in [1.165, 1.54) is 0 Å². The number of benzene rings is 2. The Labute approximate surface area is 158 Å². The van der Waals surface area contributed by atoms with Crippen molar-refractivity contribution in [2.45, 2.75) is 13.8 Å². The molecule has 6 heteroatoms. The predicted octanol–water partition coefficient (Wildman–Crippen LogP) is 3.67. The van der Waals surface area contributed by atoms with E-state index in [-0.39, 0.29) is 11.8 Å². The molecule has 1 aliphatic heterocycles. The zero-order chi connectivity index (χ0) is 18.7. The molecule has 0 fully saturated rings. The van der Waals surface area contributed by atoms with Crippen molar-refractivity contribution in [3.63, 3.8) is 0 Å². The molecule has 26 heavy (non-hydrogen) atoms. The largest absolute Gasteiger partial charge is 0.492 e. The first-order valence-electron chi connectivity index (χ1n) is 8.52. The molecule has 0 saturated heterocycles. The van der Waals surface area contributed by atoms with Crippen molar-refractivity contribution in [3.05, 3.63) is 53.1 Å². The van der Waals surface area contributed by atoms with E-state index in [1.54, 1.807) is 15.9 Å². The number of rotatable bonds is 5.